The van der Waals surface area contributed by atoms with Gasteiger partial charge in [0.05, 0.1) is 4.90 Å². The smallest absolute Gasteiger partial charge is 0.422 e. The molecule has 1 amide bonds. The predicted molar refractivity (Wildman–Crippen MR) is 58.8 cm³/mol. The summed E-state index contributed by atoms with van der Waals surface area (Å²) in [6.07, 6.45) is -6.00. The first kappa shape index (κ1) is 15.2. The van der Waals surface area contributed by atoms with Crippen LogP contribution in [0.3, 0.4) is 0 Å². The number of carbonyl (C=O) groups excluding carboxylic acids is 1. The number of anilines is 1. The third kappa shape index (κ3) is 5.57. The van der Waals surface area contributed by atoms with Gasteiger partial charge in [-0.05, 0) is 18.2 Å². The first-order valence-electron chi connectivity index (χ1n) is 4.71. The van der Waals surface area contributed by atoms with Gasteiger partial charge in [-0.2, -0.15) is 13.2 Å². The number of ether oxygens (including phenoxy) is 1. The van der Waals surface area contributed by atoms with Crippen molar-refractivity contribution in [1.29, 1.82) is 0 Å². The third-order valence-electron chi connectivity index (χ3n) is 1.78. The van der Waals surface area contributed by atoms with E-state index in [0.717, 1.165) is 6.07 Å². The quantitative estimate of drug-likeness (QED) is 0.882. The molecule has 0 heterocycles. The molecule has 10 heteroatoms. The summed E-state index contributed by atoms with van der Waals surface area (Å²) < 4.78 is 61.2. The number of nitrogens with one attached hydrogen (secondary N) is 1. The van der Waals surface area contributed by atoms with Crippen LogP contribution in [0.2, 0.25) is 0 Å². The Bertz CT molecular complexity index is 571. The van der Waals surface area contributed by atoms with E-state index in [-0.39, 0.29) is 10.6 Å². The molecule has 3 N–H and O–H groups in total. The molecule has 0 saturated heterocycles. The average molecular weight is 298 g/mol. The predicted octanol–water partition coefficient (Wildman–Crippen LogP) is 1.44. The Labute approximate surface area is 106 Å². The van der Waals surface area contributed by atoms with E-state index in [1.165, 1.54) is 18.2 Å². The van der Waals surface area contributed by atoms with Crippen molar-refractivity contribution in [2.75, 3.05) is 11.9 Å². The standard InChI is InChI=1S/C9H9F3N2O4S/c10-9(11,12)5-18-8(15)14-6-2-1-3-7(4-6)19(13,16)17/h1-4H,5H2,(H,14,15)(H2,13,16,17). The second kappa shape index (κ2) is 5.45. The van der Waals surface area contributed by atoms with Crippen molar-refractivity contribution in [3.8, 4) is 0 Å². The molecular weight excluding hydrogens is 289 g/mol. The lowest BCUT2D eigenvalue weighted by atomic mass is 10.3. The maximum absolute atomic E-state index is 11.8. The summed E-state index contributed by atoms with van der Waals surface area (Å²) >= 11 is 0. The van der Waals surface area contributed by atoms with Gasteiger partial charge in [-0.25, -0.2) is 18.4 Å². The van der Waals surface area contributed by atoms with Crippen molar-refractivity contribution in [2.45, 2.75) is 11.1 Å². The molecular formula is C9H9F3N2O4S. The molecule has 1 aromatic carbocycles. The van der Waals surface area contributed by atoms with Crippen molar-refractivity contribution in [3.63, 3.8) is 0 Å². The fourth-order valence-electron chi connectivity index (χ4n) is 1.05. The van der Waals surface area contributed by atoms with Crippen LogP contribution >= 0.6 is 0 Å². The lowest BCUT2D eigenvalue weighted by Gasteiger charge is -2.09. The maximum atomic E-state index is 11.8. The van der Waals surface area contributed by atoms with E-state index >= 15 is 0 Å². The van der Waals surface area contributed by atoms with E-state index in [1.54, 1.807) is 0 Å². The molecule has 0 saturated carbocycles. The number of amides is 1. The molecule has 1 aromatic rings. The maximum Gasteiger partial charge on any atom is 0.422 e. The Kier molecular flexibility index (Phi) is 4.37. The second-order valence-corrected chi connectivity index (χ2v) is 4.95. The van der Waals surface area contributed by atoms with Crippen LogP contribution in [0.4, 0.5) is 23.7 Å². The monoisotopic (exact) mass is 298 g/mol. The molecule has 0 atom stereocenters. The summed E-state index contributed by atoms with van der Waals surface area (Å²) in [5.74, 6) is 0. The van der Waals surface area contributed by atoms with Crippen LogP contribution in [0.5, 0.6) is 0 Å². The Morgan fingerprint density at radius 1 is 1.37 bits per heavy atom. The Hall–Kier alpha value is -1.81. The summed E-state index contributed by atoms with van der Waals surface area (Å²) in [6.45, 7) is -1.74. The summed E-state index contributed by atoms with van der Waals surface area (Å²) in [4.78, 5) is 10.7. The second-order valence-electron chi connectivity index (χ2n) is 3.39. The first-order chi connectivity index (χ1) is 8.58. The topological polar surface area (TPSA) is 98.5 Å². The van der Waals surface area contributed by atoms with Gasteiger partial charge in [-0.3, -0.25) is 5.32 Å². The molecule has 19 heavy (non-hydrogen) atoms. The highest BCUT2D eigenvalue weighted by Gasteiger charge is 2.29. The summed E-state index contributed by atoms with van der Waals surface area (Å²) in [5, 5.41) is 6.80. The third-order valence-corrected chi connectivity index (χ3v) is 2.69. The van der Waals surface area contributed by atoms with E-state index in [1.807, 2.05) is 5.32 Å². The van der Waals surface area contributed by atoms with Crippen LogP contribution < -0.4 is 10.5 Å². The van der Waals surface area contributed by atoms with E-state index in [9.17, 15) is 26.4 Å². The number of hydrogen-bond acceptors (Lipinski definition) is 4. The number of nitrogens with two attached hydrogens (primary N) is 1. The van der Waals surface area contributed by atoms with Gasteiger partial charge in [-0.1, -0.05) is 6.07 Å². The van der Waals surface area contributed by atoms with E-state index in [0.29, 0.717) is 0 Å². The number of benzene rings is 1. The van der Waals surface area contributed by atoms with Crippen LogP contribution in [0.15, 0.2) is 29.2 Å². The summed E-state index contributed by atoms with van der Waals surface area (Å²) in [7, 11) is -3.97. The largest absolute Gasteiger partial charge is 0.440 e. The number of halogens is 3. The van der Waals surface area contributed by atoms with Gasteiger partial charge in [-0.15, -0.1) is 0 Å². The zero-order valence-electron chi connectivity index (χ0n) is 9.27. The molecule has 0 unspecified atom stereocenters. The van der Waals surface area contributed by atoms with Gasteiger partial charge in [0.15, 0.2) is 6.61 Å². The SMILES string of the molecule is NS(=O)(=O)c1cccc(NC(=O)OCC(F)(F)F)c1. The zero-order chi connectivity index (χ0) is 14.7. The van der Waals surface area contributed by atoms with Gasteiger partial charge in [0.1, 0.15) is 0 Å². The highest BCUT2D eigenvalue weighted by atomic mass is 32.2. The fraction of sp³-hybridized carbons (Fsp3) is 0.222. The van der Waals surface area contributed by atoms with Crippen molar-refractivity contribution >= 4 is 21.8 Å². The van der Waals surface area contributed by atoms with Crippen LogP contribution in [0.1, 0.15) is 0 Å². The van der Waals surface area contributed by atoms with Crippen LogP contribution in [0.25, 0.3) is 0 Å². The lowest BCUT2D eigenvalue weighted by Crippen LogP contribution is -2.23. The molecule has 0 radical (unpaired) electrons. The van der Waals surface area contributed by atoms with Crippen LogP contribution in [-0.2, 0) is 14.8 Å². The van der Waals surface area contributed by atoms with Crippen LogP contribution in [-0.4, -0.2) is 27.3 Å². The number of sulfonamides is 1. The van der Waals surface area contributed by atoms with Gasteiger partial charge in [0.2, 0.25) is 10.0 Å². The highest BCUT2D eigenvalue weighted by Crippen LogP contribution is 2.16. The van der Waals surface area contributed by atoms with Crippen molar-refractivity contribution in [1.82, 2.24) is 0 Å². The Morgan fingerprint density at radius 2 is 2.00 bits per heavy atom. The van der Waals surface area contributed by atoms with Gasteiger partial charge in [0, 0.05) is 5.69 Å². The first-order valence-corrected chi connectivity index (χ1v) is 6.26. The van der Waals surface area contributed by atoms with Gasteiger partial charge >= 0.3 is 12.3 Å². The fourth-order valence-corrected chi connectivity index (χ4v) is 1.61. The Morgan fingerprint density at radius 3 is 2.53 bits per heavy atom. The summed E-state index contributed by atoms with van der Waals surface area (Å²) in [6, 6.07) is 4.69. The molecule has 0 bridgehead atoms. The number of alkyl halides is 3. The highest BCUT2D eigenvalue weighted by molar-refractivity contribution is 7.89. The molecule has 0 spiro atoms. The number of carbonyl (C=O) groups is 1. The molecule has 0 aliphatic heterocycles. The average Bonchev–Trinajstić information content (AvgIpc) is 2.25. The van der Waals surface area contributed by atoms with Gasteiger partial charge < -0.3 is 4.74 Å². The molecule has 0 aliphatic carbocycles. The minimum atomic E-state index is -4.64. The molecule has 106 valence electrons. The molecule has 1 rings (SSSR count). The Balaban J connectivity index is 2.70. The lowest BCUT2D eigenvalue weighted by molar-refractivity contribution is -0.159. The number of hydrogen-bond donors (Lipinski definition) is 2. The number of rotatable bonds is 3. The minimum absolute atomic E-state index is 0.0568. The molecule has 6 nitrogen and oxygen atoms in total. The van der Waals surface area contributed by atoms with E-state index < -0.39 is 28.9 Å². The molecule has 0 aromatic heterocycles. The van der Waals surface area contributed by atoms with Crippen molar-refractivity contribution in [2.24, 2.45) is 5.14 Å². The normalized spacial score (nSPS) is 12.0. The molecule has 0 aliphatic rings. The molecule has 0 fully saturated rings. The minimum Gasteiger partial charge on any atom is -0.440 e. The zero-order valence-corrected chi connectivity index (χ0v) is 10.1. The van der Waals surface area contributed by atoms with Crippen molar-refractivity contribution < 1.29 is 31.1 Å². The van der Waals surface area contributed by atoms with E-state index in [2.05, 4.69) is 4.74 Å². The number of primary sulfonamides is 1. The summed E-state index contributed by atoms with van der Waals surface area (Å²) in [5.41, 5.74) is -0.0568. The van der Waals surface area contributed by atoms with Crippen molar-refractivity contribution in [3.05, 3.63) is 24.3 Å². The van der Waals surface area contributed by atoms with Gasteiger partial charge in [0.25, 0.3) is 0 Å². The van der Waals surface area contributed by atoms with E-state index in [4.69, 9.17) is 5.14 Å². The van der Waals surface area contributed by atoms with Crippen LogP contribution in [0, 0.1) is 0 Å².